The first-order valence-corrected chi connectivity index (χ1v) is 8.67. The molecule has 5 nitrogen and oxygen atoms in total. The first kappa shape index (κ1) is 19.4. The quantitative estimate of drug-likeness (QED) is 0.446. The van der Waals surface area contributed by atoms with Gasteiger partial charge in [-0.05, 0) is 42.0 Å². The van der Waals surface area contributed by atoms with E-state index in [-0.39, 0.29) is 17.6 Å². The Hall–Kier alpha value is -2.95. The van der Waals surface area contributed by atoms with Gasteiger partial charge < -0.3 is 5.32 Å². The normalized spacial score (nSPS) is 12.3. The van der Waals surface area contributed by atoms with Crippen LogP contribution in [0.1, 0.15) is 43.5 Å². The third kappa shape index (κ3) is 5.84. The molecule has 0 aliphatic carbocycles. The highest BCUT2D eigenvalue weighted by Gasteiger charge is 2.08. The van der Waals surface area contributed by atoms with Crippen LogP contribution in [0.15, 0.2) is 54.6 Å². The summed E-state index contributed by atoms with van der Waals surface area (Å²) < 4.78 is 0. The van der Waals surface area contributed by atoms with E-state index in [1.807, 2.05) is 19.1 Å². The fourth-order valence-electron chi connectivity index (χ4n) is 2.67. The van der Waals surface area contributed by atoms with Crippen LogP contribution in [0.25, 0.3) is 6.08 Å². The zero-order valence-corrected chi connectivity index (χ0v) is 15.3. The zero-order chi connectivity index (χ0) is 19.1. The third-order valence-corrected chi connectivity index (χ3v) is 3.99. The summed E-state index contributed by atoms with van der Waals surface area (Å²) in [5, 5.41) is 13.7. The molecule has 0 saturated heterocycles. The van der Waals surface area contributed by atoms with Crippen LogP contribution >= 0.6 is 0 Å². The van der Waals surface area contributed by atoms with E-state index in [1.54, 1.807) is 18.2 Å². The number of rotatable bonds is 7. The molecular weight excluding hydrogens is 328 g/mol. The van der Waals surface area contributed by atoms with E-state index in [1.165, 1.54) is 23.8 Å². The summed E-state index contributed by atoms with van der Waals surface area (Å²) in [5.41, 5.74) is 2.94. The highest BCUT2D eigenvalue weighted by atomic mass is 16.6. The second kappa shape index (κ2) is 8.94. The molecular formula is C21H24N2O3. The van der Waals surface area contributed by atoms with Crippen molar-refractivity contribution in [1.82, 2.24) is 5.32 Å². The van der Waals surface area contributed by atoms with Crippen molar-refractivity contribution in [3.63, 3.8) is 0 Å². The monoisotopic (exact) mass is 352 g/mol. The Morgan fingerprint density at radius 1 is 1.15 bits per heavy atom. The van der Waals surface area contributed by atoms with Crippen LogP contribution in [0.4, 0.5) is 5.69 Å². The number of benzene rings is 2. The van der Waals surface area contributed by atoms with Crippen LogP contribution in [0.2, 0.25) is 0 Å². The molecule has 0 saturated carbocycles. The molecule has 0 heterocycles. The Labute approximate surface area is 153 Å². The predicted molar refractivity (Wildman–Crippen MR) is 104 cm³/mol. The molecule has 1 atom stereocenters. The summed E-state index contributed by atoms with van der Waals surface area (Å²) in [6, 6.07) is 14.3. The molecule has 26 heavy (non-hydrogen) atoms. The van der Waals surface area contributed by atoms with E-state index in [0.717, 1.165) is 12.0 Å². The molecule has 2 aromatic rings. The van der Waals surface area contributed by atoms with Crippen LogP contribution in [0, 0.1) is 16.0 Å². The standard InChI is InChI=1S/C21H24N2O3/c1-15(2)13-18-7-10-19(11-8-18)16(3)22-21(24)12-9-17-5-4-6-20(14-17)23(25)26/h4-12,14-16H,13H2,1-3H3,(H,22,24)/b12-9+/t16-/m1/s1. The van der Waals surface area contributed by atoms with Crippen LogP contribution in [-0.2, 0) is 11.2 Å². The van der Waals surface area contributed by atoms with Crippen molar-refractivity contribution < 1.29 is 9.72 Å². The fraction of sp³-hybridized carbons (Fsp3) is 0.286. The van der Waals surface area contributed by atoms with Crippen molar-refractivity contribution in [3.8, 4) is 0 Å². The summed E-state index contributed by atoms with van der Waals surface area (Å²) in [6.07, 6.45) is 4.00. The van der Waals surface area contributed by atoms with E-state index in [4.69, 9.17) is 0 Å². The Balaban J connectivity index is 1.96. The minimum Gasteiger partial charge on any atom is -0.346 e. The number of carbonyl (C=O) groups excluding carboxylic acids is 1. The van der Waals surface area contributed by atoms with Gasteiger partial charge in [-0.3, -0.25) is 14.9 Å². The van der Waals surface area contributed by atoms with Gasteiger partial charge in [-0.15, -0.1) is 0 Å². The Morgan fingerprint density at radius 2 is 1.85 bits per heavy atom. The van der Waals surface area contributed by atoms with Gasteiger partial charge in [0.25, 0.3) is 5.69 Å². The molecule has 2 rings (SSSR count). The fourth-order valence-corrected chi connectivity index (χ4v) is 2.67. The summed E-state index contributed by atoms with van der Waals surface area (Å²) in [7, 11) is 0. The molecule has 0 aromatic heterocycles. The lowest BCUT2D eigenvalue weighted by Crippen LogP contribution is -2.24. The summed E-state index contributed by atoms with van der Waals surface area (Å²) in [6.45, 7) is 6.30. The van der Waals surface area contributed by atoms with Crippen LogP contribution in [0.3, 0.4) is 0 Å². The van der Waals surface area contributed by atoms with E-state index < -0.39 is 4.92 Å². The number of non-ortho nitro benzene ring substituents is 1. The maximum Gasteiger partial charge on any atom is 0.270 e. The van der Waals surface area contributed by atoms with E-state index in [2.05, 4.69) is 31.3 Å². The van der Waals surface area contributed by atoms with E-state index in [0.29, 0.717) is 11.5 Å². The second-order valence-electron chi connectivity index (χ2n) is 6.76. The maximum absolute atomic E-state index is 12.1. The van der Waals surface area contributed by atoms with Gasteiger partial charge in [0.05, 0.1) is 11.0 Å². The molecule has 1 amide bonds. The number of hydrogen-bond acceptors (Lipinski definition) is 3. The van der Waals surface area contributed by atoms with Gasteiger partial charge in [-0.1, -0.05) is 50.2 Å². The van der Waals surface area contributed by atoms with E-state index >= 15 is 0 Å². The highest BCUT2D eigenvalue weighted by Crippen LogP contribution is 2.16. The maximum atomic E-state index is 12.1. The average molecular weight is 352 g/mol. The second-order valence-corrected chi connectivity index (χ2v) is 6.76. The Morgan fingerprint density at radius 3 is 2.46 bits per heavy atom. The van der Waals surface area contributed by atoms with Crippen molar-refractivity contribution in [3.05, 3.63) is 81.4 Å². The van der Waals surface area contributed by atoms with Gasteiger partial charge in [-0.2, -0.15) is 0 Å². The number of carbonyl (C=O) groups is 1. The van der Waals surface area contributed by atoms with Crippen LogP contribution in [-0.4, -0.2) is 10.8 Å². The van der Waals surface area contributed by atoms with Gasteiger partial charge in [0.15, 0.2) is 0 Å². The van der Waals surface area contributed by atoms with Crippen molar-refractivity contribution in [2.45, 2.75) is 33.2 Å². The smallest absolute Gasteiger partial charge is 0.270 e. The topological polar surface area (TPSA) is 72.2 Å². The molecule has 2 aromatic carbocycles. The predicted octanol–water partition coefficient (Wildman–Crippen LogP) is 4.68. The first-order valence-electron chi connectivity index (χ1n) is 8.67. The number of nitrogens with one attached hydrogen (secondary N) is 1. The van der Waals surface area contributed by atoms with Crippen molar-refractivity contribution >= 4 is 17.7 Å². The number of hydrogen-bond donors (Lipinski definition) is 1. The van der Waals surface area contributed by atoms with Crippen LogP contribution < -0.4 is 5.32 Å². The first-order chi connectivity index (χ1) is 12.3. The average Bonchev–Trinajstić information content (AvgIpc) is 2.60. The number of nitro benzene ring substituents is 1. The summed E-state index contributed by atoms with van der Waals surface area (Å²) in [5.74, 6) is 0.368. The zero-order valence-electron chi connectivity index (χ0n) is 15.3. The van der Waals surface area contributed by atoms with E-state index in [9.17, 15) is 14.9 Å². The lowest BCUT2D eigenvalue weighted by molar-refractivity contribution is -0.384. The lowest BCUT2D eigenvalue weighted by Gasteiger charge is -2.14. The molecule has 5 heteroatoms. The molecule has 0 radical (unpaired) electrons. The molecule has 0 aliphatic heterocycles. The minimum atomic E-state index is -0.456. The Kier molecular flexibility index (Phi) is 6.67. The van der Waals surface area contributed by atoms with Crippen molar-refractivity contribution in [1.29, 1.82) is 0 Å². The lowest BCUT2D eigenvalue weighted by atomic mass is 10.00. The number of nitro groups is 1. The molecule has 0 bridgehead atoms. The van der Waals surface area contributed by atoms with Gasteiger partial charge >= 0.3 is 0 Å². The van der Waals surface area contributed by atoms with Crippen molar-refractivity contribution in [2.75, 3.05) is 0 Å². The molecule has 1 N–H and O–H groups in total. The number of amides is 1. The molecule has 0 fully saturated rings. The molecule has 0 unspecified atom stereocenters. The molecule has 0 spiro atoms. The largest absolute Gasteiger partial charge is 0.346 e. The SMILES string of the molecule is CC(C)Cc1ccc([C@@H](C)NC(=O)/C=C/c2cccc([N+](=O)[O-])c2)cc1. The summed E-state index contributed by atoms with van der Waals surface area (Å²) >= 11 is 0. The number of nitrogens with zero attached hydrogens (tertiary/aromatic N) is 1. The summed E-state index contributed by atoms with van der Waals surface area (Å²) in [4.78, 5) is 22.4. The minimum absolute atomic E-state index is 0.00223. The van der Waals surface area contributed by atoms with Crippen LogP contribution in [0.5, 0.6) is 0 Å². The van der Waals surface area contributed by atoms with Gasteiger partial charge in [0.2, 0.25) is 5.91 Å². The van der Waals surface area contributed by atoms with Crippen molar-refractivity contribution in [2.24, 2.45) is 5.92 Å². The van der Waals surface area contributed by atoms with Gasteiger partial charge in [-0.25, -0.2) is 0 Å². The highest BCUT2D eigenvalue weighted by molar-refractivity contribution is 5.92. The molecule has 0 aliphatic rings. The van der Waals surface area contributed by atoms with Gasteiger partial charge in [0.1, 0.15) is 0 Å². The van der Waals surface area contributed by atoms with Gasteiger partial charge in [0, 0.05) is 18.2 Å². The molecule has 136 valence electrons. The third-order valence-electron chi connectivity index (χ3n) is 3.99. The Bertz CT molecular complexity index is 795.